The molecule has 21 heavy (non-hydrogen) atoms. The highest BCUT2D eigenvalue weighted by Gasteiger charge is 2.24. The van der Waals surface area contributed by atoms with Crippen LogP contribution in [-0.2, 0) is 14.3 Å². The average Bonchev–Trinajstić information content (AvgIpc) is 2.46. The third-order valence-electron chi connectivity index (χ3n) is 2.68. The molecule has 0 spiro atoms. The molecule has 116 valence electrons. The SMILES string of the molecule is CCCOc1cc(C)ccc1NC(=O)C(N)C(=O)OCC. The van der Waals surface area contributed by atoms with Crippen molar-refractivity contribution in [2.75, 3.05) is 18.5 Å². The molecular weight excluding hydrogens is 272 g/mol. The number of hydrogen-bond donors (Lipinski definition) is 2. The Morgan fingerprint density at radius 2 is 2.05 bits per heavy atom. The summed E-state index contributed by atoms with van der Waals surface area (Å²) in [7, 11) is 0. The van der Waals surface area contributed by atoms with Crippen molar-refractivity contribution >= 4 is 17.6 Å². The molecule has 1 atom stereocenters. The van der Waals surface area contributed by atoms with Crippen LogP contribution in [0, 0.1) is 6.92 Å². The van der Waals surface area contributed by atoms with Crippen LogP contribution in [0.2, 0.25) is 0 Å². The second-order valence-electron chi connectivity index (χ2n) is 4.57. The van der Waals surface area contributed by atoms with E-state index in [0.717, 1.165) is 12.0 Å². The summed E-state index contributed by atoms with van der Waals surface area (Å²) in [4.78, 5) is 23.4. The number of ether oxygens (including phenoxy) is 2. The molecule has 6 heteroatoms. The van der Waals surface area contributed by atoms with Crippen molar-refractivity contribution in [1.82, 2.24) is 0 Å². The molecule has 0 aliphatic rings. The Bertz CT molecular complexity index is 502. The van der Waals surface area contributed by atoms with E-state index >= 15 is 0 Å². The molecule has 0 aliphatic heterocycles. The van der Waals surface area contributed by atoms with Crippen molar-refractivity contribution in [2.45, 2.75) is 33.2 Å². The number of carbonyl (C=O) groups is 2. The molecule has 1 unspecified atom stereocenters. The number of rotatable bonds is 7. The van der Waals surface area contributed by atoms with Crippen LogP contribution in [0.4, 0.5) is 5.69 Å². The lowest BCUT2D eigenvalue weighted by Gasteiger charge is -2.15. The van der Waals surface area contributed by atoms with Crippen LogP contribution in [0.1, 0.15) is 25.8 Å². The van der Waals surface area contributed by atoms with E-state index in [0.29, 0.717) is 18.0 Å². The number of benzene rings is 1. The van der Waals surface area contributed by atoms with Gasteiger partial charge in [-0.15, -0.1) is 0 Å². The van der Waals surface area contributed by atoms with E-state index in [-0.39, 0.29) is 6.61 Å². The van der Waals surface area contributed by atoms with E-state index < -0.39 is 17.9 Å². The Labute approximate surface area is 124 Å². The van der Waals surface area contributed by atoms with Gasteiger partial charge in [0.2, 0.25) is 0 Å². The minimum Gasteiger partial charge on any atom is -0.491 e. The smallest absolute Gasteiger partial charge is 0.332 e. The maximum Gasteiger partial charge on any atom is 0.332 e. The first-order chi connectivity index (χ1) is 9.99. The summed E-state index contributed by atoms with van der Waals surface area (Å²) in [6.45, 7) is 6.28. The predicted molar refractivity (Wildman–Crippen MR) is 80.2 cm³/mol. The van der Waals surface area contributed by atoms with Crippen LogP contribution >= 0.6 is 0 Å². The second-order valence-corrected chi connectivity index (χ2v) is 4.57. The number of nitrogens with one attached hydrogen (secondary N) is 1. The molecule has 0 aliphatic carbocycles. The van der Waals surface area contributed by atoms with Gasteiger partial charge >= 0.3 is 5.97 Å². The van der Waals surface area contributed by atoms with Crippen molar-refractivity contribution in [3.05, 3.63) is 23.8 Å². The van der Waals surface area contributed by atoms with Gasteiger partial charge in [-0.2, -0.15) is 0 Å². The fourth-order valence-electron chi connectivity index (χ4n) is 1.61. The summed E-state index contributed by atoms with van der Waals surface area (Å²) in [5.41, 5.74) is 7.04. The van der Waals surface area contributed by atoms with Crippen molar-refractivity contribution in [3.63, 3.8) is 0 Å². The first-order valence-electron chi connectivity index (χ1n) is 6.96. The zero-order valence-electron chi connectivity index (χ0n) is 12.6. The van der Waals surface area contributed by atoms with Gasteiger partial charge in [-0.3, -0.25) is 4.79 Å². The standard InChI is InChI=1S/C15H22N2O4/c1-4-8-21-12-9-10(3)6-7-11(12)17-14(18)13(16)15(19)20-5-2/h6-7,9,13H,4-5,8,16H2,1-3H3,(H,17,18). The molecule has 0 heterocycles. The third kappa shape index (κ3) is 5.07. The molecule has 1 aromatic carbocycles. The molecule has 0 saturated carbocycles. The van der Waals surface area contributed by atoms with Gasteiger partial charge in [0.25, 0.3) is 5.91 Å². The fourth-order valence-corrected chi connectivity index (χ4v) is 1.61. The van der Waals surface area contributed by atoms with Gasteiger partial charge in [-0.1, -0.05) is 13.0 Å². The van der Waals surface area contributed by atoms with Gasteiger partial charge in [0.05, 0.1) is 18.9 Å². The Balaban J connectivity index is 2.81. The van der Waals surface area contributed by atoms with Crippen LogP contribution in [0.5, 0.6) is 5.75 Å². The van der Waals surface area contributed by atoms with Gasteiger partial charge in [-0.25, -0.2) is 4.79 Å². The monoisotopic (exact) mass is 294 g/mol. The van der Waals surface area contributed by atoms with Gasteiger partial charge in [0.1, 0.15) is 5.75 Å². The van der Waals surface area contributed by atoms with E-state index in [9.17, 15) is 9.59 Å². The first-order valence-corrected chi connectivity index (χ1v) is 6.96. The molecule has 1 amide bonds. The predicted octanol–water partition coefficient (Wildman–Crippen LogP) is 1.61. The van der Waals surface area contributed by atoms with Crippen LogP contribution in [0.25, 0.3) is 0 Å². The van der Waals surface area contributed by atoms with Gasteiger partial charge in [0, 0.05) is 0 Å². The summed E-state index contributed by atoms with van der Waals surface area (Å²) in [5, 5.41) is 2.60. The normalized spacial score (nSPS) is 11.6. The third-order valence-corrected chi connectivity index (χ3v) is 2.68. The number of amides is 1. The van der Waals surface area contributed by atoms with Crippen LogP contribution in [-0.4, -0.2) is 31.1 Å². The van der Waals surface area contributed by atoms with Crippen LogP contribution in [0.15, 0.2) is 18.2 Å². The highest BCUT2D eigenvalue weighted by Crippen LogP contribution is 2.26. The molecule has 0 saturated heterocycles. The van der Waals surface area contributed by atoms with Crippen LogP contribution < -0.4 is 15.8 Å². The summed E-state index contributed by atoms with van der Waals surface area (Å²) in [5.74, 6) is -0.821. The van der Waals surface area contributed by atoms with Crippen molar-refractivity contribution in [2.24, 2.45) is 5.73 Å². The Morgan fingerprint density at radius 1 is 1.33 bits per heavy atom. The minimum absolute atomic E-state index is 0.176. The Kier molecular flexibility index (Phi) is 6.68. The van der Waals surface area contributed by atoms with Crippen LogP contribution in [0.3, 0.4) is 0 Å². The molecule has 1 rings (SSSR count). The maximum atomic E-state index is 11.9. The zero-order valence-corrected chi connectivity index (χ0v) is 12.6. The lowest BCUT2D eigenvalue weighted by molar-refractivity contribution is -0.146. The van der Waals surface area contributed by atoms with E-state index in [4.69, 9.17) is 15.2 Å². The maximum absolute atomic E-state index is 11.9. The summed E-state index contributed by atoms with van der Waals surface area (Å²) < 4.78 is 10.3. The topological polar surface area (TPSA) is 90.6 Å². The van der Waals surface area contributed by atoms with Crippen molar-refractivity contribution in [3.8, 4) is 5.75 Å². The lowest BCUT2D eigenvalue weighted by Crippen LogP contribution is -2.43. The van der Waals surface area contributed by atoms with Gasteiger partial charge < -0.3 is 20.5 Å². The van der Waals surface area contributed by atoms with E-state index in [1.165, 1.54) is 0 Å². The average molecular weight is 294 g/mol. The first kappa shape index (κ1) is 17.0. The number of aryl methyl sites for hydroxylation is 1. The number of esters is 1. The molecule has 3 N–H and O–H groups in total. The fraction of sp³-hybridized carbons (Fsp3) is 0.467. The lowest BCUT2D eigenvalue weighted by atomic mass is 10.2. The molecular formula is C15H22N2O4. The molecule has 6 nitrogen and oxygen atoms in total. The number of nitrogens with two attached hydrogens (primary N) is 1. The Hall–Kier alpha value is -2.08. The summed E-state index contributed by atoms with van der Waals surface area (Å²) >= 11 is 0. The van der Waals surface area contributed by atoms with Gasteiger partial charge in [-0.05, 0) is 38.0 Å². The number of hydrogen-bond acceptors (Lipinski definition) is 5. The number of carbonyl (C=O) groups excluding carboxylic acids is 2. The quantitative estimate of drug-likeness (QED) is 0.589. The molecule has 0 radical (unpaired) electrons. The molecule has 0 aromatic heterocycles. The molecule has 0 bridgehead atoms. The Morgan fingerprint density at radius 3 is 2.67 bits per heavy atom. The largest absolute Gasteiger partial charge is 0.491 e. The minimum atomic E-state index is -1.36. The van der Waals surface area contributed by atoms with E-state index in [1.54, 1.807) is 13.0 Å². The summed E-state index contributed by atoms with van der Waals surface area (Å²) in [6.07, 6.45) is 0.851. The van der Waals surface area contributed by atoms with Crippen molar-refractivity contribution in [1.29, 1.82) is 0 Å². The highest BCUT2D eigenvalue weighted by molar-refractivity contribution is 6.08. The zero-order chi connectivity index (χ0) is 15.8. The molecule has 1 aromatic rings. The van der Waals surface area contributed by atoms with Crippen molar-refractivity contribution < 1.29 is 19.1 Å². The highest BCUT2D eigenvalue weighted by atomic mass is 16.5. The summed E-state index contributed by atoms with van der Waals surface area (Å²) in [6, 6.07) is 4.02. The van der Waals surface area contributed by atoms with E-state index in [2.05, 4.69) is 5.32 Å². The second kappa shape index (κ2) is 8.26. The number of anilines is 1. The molecule has 0 fully saturated rings. The van der Waals surface area contributed by atoms with E-state index in [1.807, 2.05) is 26.0 Å². The van der Waals surface area contributed by atoms with Gasteiger partial charge in [0.15, 0.2) is 6.04 Å².